The Morgan fingerprint density at radius 1 is 0.952 bits per heavy atom. The first kappa shape index (κ1) is 14.6. The molecule has 0 radical (unpaired) electrons. The Labute approximate surface area is 128 Å². The monoisotopic (exact) mass is 281 g/mol. The van der Waals surface area contributed by atoms with E-state index in [0.29, 0.717) is 22.8 Å². The van der Waals surface area contributed by atoms with Crippen LogP contribution in [0.3, 0.4) is 0 Å². The molecule has 0 saturated heterocycles. The van der Waals surface area contributed by atoms with Gasteiger partial charge < -0.3 is 5.32 Å². The summed E-state index contributed by atoms with van der Waals surface area (Å²) in [5.41, 5.74) is 3.64. The smallest absolute Gasteiger partial charge is 0.0365 e. The van der Waals surface area contributed by atoms with E-state index < -0.39 is 0 Å². The summed E-state index contributed by atoms with van der Waals surface area (Å²) in [4.78, 5) is 0. The summed E-state index contributed by atoms with van der Waals surface area (Å²) >= 11 is 0. The van der Waals surface area contributed by atoms with E-state index in [9.17, 15) is 0 Å². The molecule has 2 aromatic carbocycles. The maximum atomic E-state index is 3.62. The lowest BCUT2D eigenvalue weighted by molar-refractivity contribution is 0.439. The molecule has 0 aromatic heterocycles. The number of fused-ring (bicyclic) bond motifs is 1. The Balaban J connectivity index is 2.17. The van der Waals surface area contributed by atoms with Crippen molar-refractivity contribution in [2.24, 2.45) is 16.7 Å². The fraction of sp³-hybridized carbons (Fsp3) is 0.500. The number of nitrogens with one attached hydrogen (secondary N) is 1. The van der Waals surface area contributed by atoms with Gasteiger partial charge in [-0.1, -0.05) is 64.1 Å². The maximum absolute atomic E-state index is 3.62. The summed E-state index contributed by atoms with van der Waals surface area (Å²) < 4.78 is 0. The van der Waals surface area contributed by atoms with Crippen LogP contribution in [0.1, 0.15) is 44.9 Å². The molecule has 0 aliphatic heterocycles. The number of benzene rings is 2. The Morgan fingerprint density at radius 3 is 2.14 bits per heavy atom. The molecule has 1 nitrogen and oxygen atoms in total. The van der Waals surface area contributed by atoms with Crippen molar-refractivity contribution in [1.29, 1.82) is 0 Å². The summed E-state index contributed by atoms with van der Waals surface area (Å²) in [6.45, 7) is 11.9. The van der Waals surface area contributed by atoms with Crippen LogP contribution >= 0.6 is 0 Å². The SMILES string of the molecule is CNC(c1c(C)ccc2ccccc12)C1C(C)(C)C1(C)C. The van der Waals surface area contributed by atoms with Gasteiger partial charge in [-0.15, -0.1) is 0 Å². The minimum atomic E-state index is 0.379. The van der Waals surface area contributed by atoms with E-state index in [1.165, 1.54) is 21.9 Å². The van der Waals surface area contributed by atoms with Crippen LogP contribution in [0.25, 0.3) is 10.8 Å². The van der Waals surface area contributed by atoms with Gasteiger partial charge in [0, 0.05) is 6.04 Å². The van der Waals surface area contributed by atoms with Gasteiger partial charge in [0.2, 0.25) is 0 Å². The average molecular weight is 281 g/mol. The molecule has 0 heterocycles. The van der Waals surface area contributed by atoms with E-state index in [1.807, 2.05) is 0 Å². The Hall–Kier alpha value is -1.34. The van der Waals surface area contributed by atoms with Gasteiger partial charge >= 0.3 is 0 Å². The van der Waals surface area contributed by atoms with Gasteiger partial charge in [0.25, 0.3) is 0 Å². The van der Waals surface area contributed by atoms with Crippen LogP contribution < -0.4 is 5.32 Å². The number of rotatable bonds is 3. The van der Waals surface area contributed by atoms with Crippen molar-refractivity contribution in [2.45, 2.75) is 40.7 Å². The van der Waals surface area contributed by atoms with E-state index in [-0.39, 0.29) is 0 Å². The molecule has 1 atom stereocenters. The minimum absolute atomic E-state index is 0.379. The van der Waals surface area contributed by atoms with Crippen LogP contribution in [0.5, 0.6) is 0 Å². The van der Waals surface area contributed by atoms with Crippen molar-refractivity contribution >= 4 is 10.8 Å². The lowest BCUT2D eigenvalue weighted by Crippen LogP contribution is -2.22. The molecule has 112 valence electrons. The van der Waals surface area contributed by atoms with Crippen molar-refractivity contribution in [3.63, 3.8) is 0 Å². The van der Waals surface area contributed by atoms with Crippen molar-refractivity contribution in [3.8, 4) is 0 Å². The maximum Gasteiger partial charge on any atom is 0.0365 e. The zero-order valence-corrected chi connectivity index (χ0v) is 14.1. The molecular formula is C20H27N. The van der Waals surface area contributed by atoms with Crippen molar-refractivity contribution in [3.05, 3.63) is 47.5 Å². The van der Waals surface area contributed by atoms with Gasteiger partial charge in [0.1, 0.15) is 0 Å². The van der Waals surface area contributed by atoms with Gasteiger partial charge in [-0.2, -0.15) is 0 Å². The van der Waals surface area contributed by atoms with Crippen LogP contribution in [-0.2, 0) is 0 Å². The molecule has 0 spiro atoms. The molecule has 21 heavy (non-hydrogen) atoms. The zero-order chi connectivity index (χ0) is 15.4. The molecule has 1 aliphatic rings. The van der Waals surface area contributed by atoms with Gasteiger partial charge in [-0.05, 0) is 52.6 Å². The van der Waals surface area contributed by atoms with Gasteiger partial charge in [-0.3, -0.25) is 0 Å². The number of aryl methyl sites for hydroxylation is 1. The highest BCUT2D eigenvalue weighted by molar-refractivity contribution is 5.87. The van der Waals surface area contributed by atoms with Gasteiger partial charge in [0.05, 0.1) is 0 Å². The molecule has 1 aliphatic carbocycles. The fourth-order valence-electron chi connectivity index (χ4n) is 4.38. The van der Waals surface area contributed by atoms with Gasteiger partial charge in [-0.25, -0.2) is 0 Å². The highest BCUT2D eigenvalue weighted by atomic mass is 14.9. The second-order valence-corrected chi connectivity index (χ2v) is 7.70. The van der Waals surface area contributed by atoms with Crippen LogP contribution in [-0.4, -0.2) is 7.05 Å². The zero-order valence-electron chi connectivity index (χ0n) is 14.1. The highest BCUT2D eigenvalue weighted by Gasteiger charge is 2.67. The first-order valence-corrected chi connectivity index (χ1v) is 7.98. The summed E-state index contributed by atoms with van der Waals surface area (Å²) in [6.07, 6.45) is 0. The van der Waals surface area contributed by atoms with Crippen LogP contribution in [0, 0.1) is 23.7 Å². The molecule has 1 fully saturated rings. The predicted molar refractivity (Wildman–Crippen MR) is 91.5 cm³/mol. The standard InChI is InChI=1S/C20H27N/c1-13-11-12-14-9-7-8-10-15(14)16(13)17(21-6)18-19(2,3)20(18,4)5/h7-12,17-18,21H,1-6H3. The molecular weight excluding hydrogens is 254 g/mol. The largest absolute Gasteiger partial charge is 0.313 e. The van der Waals surface area contributed by atoms with Crippen molar-refractivity contribution in [2.75, 3.05) is 7.05 Å². The van der Waals surface area contributed by atoms with Crippen LogP contribution in [0.2, 0.25) is 0 Å². The highest BCUT2D eigenvalue weighted by Crippen LogP contribution is 2.72. The van der Waals surface area contributed by atoms with E-state index in [2.05, 4.69) is 83.4 Å². The first-order valence-electron chi connectivity index (χ1n) is 7.98. The molecule has 3 rings (SSSR count). The van der Waals surface area contributed by atoms with Gasteiger partial charge in [0.15, 0.2) is 0 Å². The number of hydrogen-bond donors (Lipinski definition) is 1. The predicted octanol–water partition coefficient (Wildman–Crippen LogP) is 5.09. The minimum Gasteiger partial charge on any atom is -0.313 e. The first-order chi connectivity index (χ1) is 9.82. The van der Waals surface area contributed by atoms with E-state index in [1.54, 1.807) is 0 Å². The van der Waals surface area contributed by atoms with Crippen molar-refractivity contribution < 1.29 is 0 Å². The lowest BCUT2D eigenvalue weighted by atomic mass is 9.89. The summed E-state index contributed by atoms with van der Waals surface area (Å²) in [7, 11) is 2.11. The van der Waals surface area contributed by atoms with Crippen LogP contribution in [0.4, 0.5) is 0 Å². The second kappa shape index (κ2) is 4.58. The lowest BCUT2D eigenvalue weighted by Gasteiger charge is -2.23. The topological polar surface area (TPSA) is 12.0 Å². The normalized spacial score (nSPS) is 21.4. The molecule has 0 bridgehead atoms. The molecule has 1 N–H and O–H groups in total. The molecule has 1 saturated carbocycles. The number of hydrogen-bond acceptors (Lipinski definition) is 1. The van der Waals surface area contributed by atoms with Crippen molar-refractivity contribution in [1.82, 2.24) is 5.32 Å². The third-order valence-electron chi connectivity index (χ3n) is 6.28. The summed E-state index contributed by atoms with van der Waals surface area (Å²) in [5, 5.41) is 6.37. The molecule has 2 aromatic rings. The summed E-state index contributed by atoms with van der Waals surface area (Å²) in [5.74, 6) is 0.666. The second-order valence-electron chi connectivity index (χ2n) is 7.70. The average Bonchev–Trinajstić information content (AvgIpc) is 2.84. The summed E-state index contributed by atoms with van der Waals surface area (Å²) in [6, 6.07) is 13.7. The van der Waals surface area contributed by atoms with Crippen LogP contribution in [0.15, 0.2) is 36.4 Å². The third-order valence-corrected chi connectivity index (χ3v) is 6.28. The Bertz CT molecular complexity index is 667. The quantitative estimate of drug-likeness (QED) is 0.826. The Morgan fingerprint density at radius 2 is 1.57 bits per heavy atom. The van der Waals surface area contributed by atoms with E-state index in [4.69, 9.17) is 0 Å². The fourth-order valence-corrected chi connectivity index (χ4v) is 4.38. The molecule has 0 amide bonds. The molecule has 1 heteroatoms. The van der Waals surface area contributed by atoms with E-state index in [0.717, 1.165) is 0 Å². The third kappa shape index (κ3) is 1.94. The Kier molecular flexibility index (Phi) is 3.18. The van der Waals surface area contributed by atoms with E-state index >= 15 is 0 Å². The molecule has 1 unspecified atom stereocenters.